The Bertz CT molecular complexity index is 473. The van der Waals surface area contributed by atoms with Crippen molar-refractivity contribution in [3.05, 3.63) is 22.8 Å². The van der Waals surface area contributed by atoms with Gasteiger partial charge in [0.05, 0.1) is 7.11 Å². The quantitative estimate of drug-likeness (QED) is 0.644. The second-order valence-corrected chi connectivity index (χ2v) is 5.93. The Kier molecular flexibility index (Phi) is 5.32. The van der Waals surface area contributed by atoms with Gasteiger partial charge >= 0.3 is 0 Å². The van der Waals surface area contributed by atoms with E-state index >= 15 is 0 Å². The van der Waals surface area contributed by atoms with E-state index in [2.05, 4.69) is 31.6 Å². The Morgan fingerprint density at radius 2 is 1.95 bits per heavy atom. The van der Waals surface area contributed by atoms with Gasteiger partial charge in [-0.3, -0.25) is 4.72 Å². The molecule has 1 saturated heterocycles. The summed E-state index contributed by atoms with van der Waals surface area (Å²) in [6.45, 7) is 9.10. The van der Waals surface area contributed by atoms with Crippen molar-refractivity contribution in [2.45, 2.75) is 51.6 Å². The van der Waals surface area contributed by atoms with Crippen LogP contribution in [0.4, 0.5) is 0 Å². The molecule has 0 spiro atoms. The van der Waals surface area contributed by atoms with Crippen LogP contribution < -0.4 is 9.46 Å². The van der Waals surface area contributed by atoms with E-state index in [4.69, 9.17) is 14.2 Å². The molecule has 2 rings (SSSR count). The first kappa shape index (κ1) is 15.6. The standard InChI is InChI=1S/C15H23NO3S/c1-9-8-13(17-5)10(2)11(3)15(9)20-16-7-6-14-18-12(4)19-14/h8,12,14,16H,6-7H2,1-5H3. The fourth-order valence-corrected chi connectivity index (χ4v) is 3.15. The molecule has 1 aliphatic rings. The smallest absolute Gasteiger partial charge is 0.165 e. The Labute approximate surface area is 125 Å². The minimum absolute atomic E-state index is 0.0404. The Hall–Kier alpha value is -0.750. The molecule has 1 fully saturated rings. The molecular formula is C15H23NO3S. The summed E-state index contributed by atoms with van der Waals surface area (Å²) >= 11 is 1.67. The maximum atomic E-state index is 5.40. The number of methoxy groups -OCH3 is 1. The number of hydrogen-bond acceptors (Lipinski definition) is 5. The molecule has 1 heterocycles. The molecule has 5 heteroatoms. The van der Waals surface area contributed by atoms with Gasteiger partial charge in [0.2, 0.25) is 0 Å². The molecule has 0 atom stereocenters. The summed E-state index contributed by atoms with van der Waals surface area (Å²) in [6.07, 6.45) is 0.782. The molecule has 1 aliphatic heterocycles. The summed E-state index contributed by atoms with van der Waals surface area (Å²) in [7, 11) is 1.71. The molecule has 4 nitrogen and oxygen atoms in total. The minimum atomic E-state index is -0.0436. The third kappa shape index (κ3) is 3.47. The highest BCUT2D eigenvalue weighted by Gasteiger charge is 2.25. The van der Waals surface area contributed by atoms with Crippen molar-refractivity contribution in [3.63, 3.8) is 0 Å². The van der Waals surface area contributed by atoms with E-state index < -0.39 is 0 Å². The van der Waals surface area contributed by atoms with Crippen LogP contribution in [0.25, 0.3) is 0 Å². The van der Waals surface area contributed by atoms with Crippen LogP contribution >= 0.6 is 11.9 Å². The number of benzene rings is 1. The highest BCUT2D eigenvalue weighted by Crippen LogP contribution is 2.32. The van der Waals surface area contributed by atoms with E-state index in [1.165, 1.54) is 21.6 Å². The fourth-order valence-electron chi connectivity index (χ4n) is 2.26. The molecule has 0 radical (unpaired) electrons. The lowest BCUT2D eigenvalue weighted by Gasteiger charge is -2.33. The average Bonchev–Trinajstić information content (AvgIpc) is 2.39. The van der Waals surface area contributed by atoms with Crippen LogP contribution in [-0.4, -0.2) is 26.2 Å². The van der Waals surface area contributed by atoms with Crippen LogP contribution in [0.3, 0.4) is 0 Å². The zero-order chi connectivity index (χ0) is 14.7. The maximum Gasteiger partial charge on any atom is 0.165 e. The minimum Gasteiger partial charge on any atom is -0.496 e. The second-order valence-electron chi connectivity index (χ2n) is 5.03. The Morgan fingerprint density at radius 1 is 1.25 bits per heavy atom. The van der Waals surface area contributed by atoms with Gasteiger partial charge in [-0.25, -0.2) is 0 Å². The molecule has 1 aromatic rings. The van der Waals surface area contributed by atoms with Crippen molar-refractivity contribution in [3.8, 4) is 5.75 Å². The van der Waals surface area contributed by atoms with Crippen LogP contribution in [-0.2, 0) is 9.47 Å². The number of rotatable bonds is 6. The van der Waals surface area contributed by atoms with Gasteiger partial charge in [-0.15, -0.1) is 0 Å². The lowest BCUT2D eigenvalue weighted by molar-refractivity contribution is -0.376. The predicted molar refractivity (Wildman–Crippen MR) is 81.1 cm³/mol. The van der Waals surface area contributed by atoms with E-state index in [0.29, 0.717) is 0 Å². The Balaban J connectivity index is 1.87. The molecule has 1 aromatic carbocycles. The highest BCUT2D eigenvalue weighted by molar-refractivity contribution is 7.97. The van der Waals surface area contributed by atoms with Gasteiger partial charge in [0.1, 0.15) is 5.75 Å². The topological polar surface area (TPSA) is 39.7 Å². The first-order chi connectivity index (χ1) is 9.52. The number of ether oxygens (including phenoxy) is 3. The number of hydrogen-bond donors (Lipinski definition) is 1. The lowest BCUT2D eigenvalue weighted by atomic mass is 10.1. The Morgan fingerprint density at radius 3 is 2.55 bits per heavy atom. The number of nitrogens with one attached hydrogen (secondary N) is 1. The van der Waals surface area contributed by atoms with Crippen molar-refractivity contribution in [2.75, 3.05) is 13.7 Å². The summed E-state index contributed by atoms with van der Waals surface area (Å²) in [5.74, 6) is 0.953. The molecule has 0 bridgehead atoms. The maximum absolute atomic E-state index is 5.40. The third-order valence-corrected chi connectivity index (χ3v) is 4.72. The van der Waals surface area contributed by atoms with Gasteiger partial charge in [-0.1, -0.05) is 0 Å². The van der Waals surface area contributed by atoms with E-state index in [1.54, 1.807) is 19.1 Å². The molecule has 0 aromatic heterocycles. The molecule has 20 heavy (non-hydrogen) atoms. The lowest BCUT2D eigenvalue weighted by Crippen LogP contribution is -2.39. The van der Waals surface area contributed by atoms with E-state index in [1.807, 2.05) is 6.92 Å². The summed E-state index contributed by atoms with van der Waals surface area (Å²) < 4.78 is 19.6. The molecule has 0 aliphatic carbocycles. The molecule has 0 saturated carbocycles. The first-order valence-electron chi connectivity index (χ1n) is 6.88. The van der Waals surface area contributed by atoms with Crippen LogP contribution in [0.2, 0.25) is 0 Å². The molecule has 1 N–H and O–H groups in total. The van der Waals surface area contributed by atoms with Gasteiger partial charge in [-0.2, -0.15) is 0 Å². The molecular weight excluding hydrogens is 274 g/mol. The van der Waals surface area contributed by atoms with Crippen LogP contribution in [0.1, 0.15) is 30.0 Å². The molecule has 0 unspecified atom stereocenters. The van der Waals surface area contributed by atoms with E-state index in [0.717, 1.165) is 18.7 Å². The normalized spacial score (nSPS) is 21.6. The summed E-state index contributed by atoms with van der Waals surface area (Å²) in [4.78, 5) is 1.27. The average molecular weight is 297 g/mol. The molecule has 112 valence electrons. The fraction of sp³-hybridized carbons (Fsp3) is 0.600. The van der Waals surface area contributed by atoms with Gasteiger partial charge in [0.15, 0.2) is 12.6 Å². The van der Waals surface area contributed by atoms with Crippen molar-refractivity contribution < 1.29 is 14.2 Å². The van der Waals surface area contributed by atoms with Crippen molar-refractivity contribution >= 4 is 11.9 Å². The van der Waals surface area contributed by atoms with Crippen molar-refractivity contribution in [2.24, 2.45) is 0 Å². The van der Waals surface area contributed by atoms with Gasteiger partial charge in [-0.05, 0) is 62.4 Å². The number of aryl methyl sites for hydroxylation is 1. The van der Waals surface area contributed by atoms with E-state index in [-0.39, 0.29) is 12.6 Å². The highest BCUT2D eigenvalue weighted by atomic mass is 32.2. The summed E-state index contributed by atoms with van der Waals surface area (Å²) in [5.41, 5.74) is 3.69. The first-order valence-corrected chi connectivity index (χ1v) is 7.70. The zero-order valence-corrected chi connectivity index (χ0v) is 13.6. The van der Waals surface area contributed by atoms with Crippen molar-refractivity contribution in [1.82, 2.24) is 4.72 Å². The summed E-state index contributed by atoms with van der Waals surface area (Å²) in [6, 6.07) is 2.09. The van der Waals surface area contributed by atoms with Crippen LogP contribution in [0, 0.1) is 20.8 Å². The SMILES string of the molecule is COc1cc(C)c(SNCCC2OC(C)O2)c(C)c1C. The zero-order valence-electron chi connectivity index (χ0n) is 12.8. The van der Waals surface area contributed by atoms with Gasteiger partial charge < -0.3 is 14.2 Å². The van der Waals surface area contributed by atoms with Crippen LogP contribution in [0.5, 0.6) is 5.75 Å². The van der Waals surface area contributed by atoms with Gasteiger partial charge in [0.25, 0.3) is 0 Å². The van der Waals surface area contributed by atoms with Gasteiger partial charge in [0, 0.05) is 17.9 Å². The van der Waals surface area contributed by atoms with Crippen LogP contribution in [0.15, 0.2) is 11.0 Å². The second kappa shape index (κ2) is 6.80. The predicted octanol–water partition coefficient (Wildman–Crippen LogP) is 3.33. The summed E-state index contributed by atoms with van der Waals surface area (Å²) in [5, 5.41) is 0. The van der Waals surface area contributed by atoms with Crippen molar-refractivity contribution in [1.29, 1.82) is 0 Å². The molecule has 0 amide bonds. The third-order valence-electron chi connectivity index (χ3n) is 3.54. The van der Waals surface area contributed by atoms with E-state index in [9.17, 15) is 0 Å². The largest absolute Gasteiger partial charge is 0.496 e. The monoisotopic (exact) mass is 297 g/mol.